The summed E-state index contributed by atoms with van der Waals surface area (Å²) >= 11 is 0. The Balaban J connectivity index is 1.62. The van der Waals surface area contributed by atoms with E-state index in [0.29, 0.717) is 0 Å². The number of anilines is 1. The Kier molecular flexibility index (Phi) is 5.15. The average molecular weight is 380 g/mol. The van der Waals surface area contributed by atoms with E-state index in [4.69, 9.17) is 4.98 Å². The van der Waals surface area contributed by atoms with Gasteiger partial charge in [0.15, 0.2) is 0 Å². The van der Waals surface area contributed by atoms with Crippen LogP contribution in [0.2, 0.25) is 0 Å². The van der Waals surface area contributed by atoms with Gasteiger partial charge in [-0.3, -0.25) is 0 Å². The van der Waals surface area contributed by atoms with Crippen molar-refractivity contribution in [2.45, 2.75) is 38.5 Å². The molecule has 2 aromatic rings. The predicted molar refractivity (Wildman–Crippen MR) is 116 cm³/mol. The number of aromatic nitrogens is 2. The SMILES string of the molecule is CN(C)CC(C)(C)CNc1ncc2c(n1)-c1ccccc1C1(CCNCC1)C2. The smallest absolute Gasteiger partial charge is 0.223 e. The lowest BCUT2D eigenvalue weighted by molar-refractivity contribution is 0.254. The zero-order valence-corrected chi connectivity index (χ0v) is 17.7. The maximum absolute atomic E-state index is 4.96. The summed E-state index contributed by atoms with van der Waals surface area (Å²) in [7, 11) is 4.23. The summed E-state index contributed by atoms with van der Waals surface area (Å²) in [5, 5.41) is 7.00. The molecule has 5 nitrogen and oxygen atoms in total. The fourth-order valence-corrected chi connectivity index (χ4v) is 5.05. The summed E-state index contributed by atoms with van der Waals surface area (Å²) in [5.74, 6) is 0.738. The summed E-state index contributed by atoms with van der Waals surface area (Å²) in [6.45, 7) is 8.59. The van der Waals surface area contributed by atoms with Gasteiger partial charge in [0.25, 0.3) is 0 Å². The van der Waals surface area contributed by atoms with Crippen molar-refractivity contribution < 1.29 is 0 Å². The molecule has 1 spiro atoms. The van der Waals surface area contributed by atoms with Gasteiger partial charge >= 0.3 is 0 Å². The Labute approximate surface area is 169 Å². The van der Waals surface area contributed by atoms with Crippen molar-refractivity contribution in [1.29, 1.82) is 0 Å². The first kappa shape index (κ1) is 19.3. The van der Waals surface area contributed by atoms with Gasteiger partial charge in [-0.2, -0.15) is 0 Å². The molecule has 1 aliphatic heterocycles. The van der Waals surface area contributed by atoms with Gasteiger partial charge in [-0.25, -0.2) is 9.97 Å². The van der Waals surface area contributed by atoms with Crippen LogP contribution in [0.5, 0.6) is 0 Å². The van der Waals surface area contributed by atoms with E-state index in [0.717, 1.165) is 44.2 Å². The molecule has 5 heteroatoms. The lowest BCUT2D eigenvalue weighted by Crippen LogP contribution is -2.43. The molecule has 1 aromatic carbocycles. The molecule has 2 heterocycles. The molecule has 0 saturated carbocycles. The molecule has 1 aliphatic carbocycles. The van der Waals surface area contributed by atoms with Gasteiger partial charge in [-0.1, -0.05) is 38.1 Å². The number of fused-ring (bicyclic) bond motifs is 4. The standard InChI is InChI=1S/C23H33N5/c1-22(2,16-28(3)4)15-26-21-25-14-17-13-23(9-11-24-12-10-23)19-8-6-5-7-18(19)20(17)27-21/h5-8,14,24H,9-13,15-16H2,1-4H3,(H,25,26,27). The highest BCUT2D eigenvalue weighted by atomic mass is 15.1. The van der Waals surface area contributed by atoms with E-state index in [2.05, 4.69) is 78.9 Å². The minimum atomic E-state index is 0.153. The number of piperidine rings is 1. The van der Waals surface area contributed by atoms with E-state index in [1.807, 2.05) is 0 Å². The summed E-state index contributed by atoms with van der Waals surface area (Å²) in [5.41, 5.74) is 5.56. The quantitative estimate of drug-likeness (QED) is 0.835. The highest BCUT2D eigenvalue weighted by Crippen LogP contribution is 2.46. The van der Waals surface area contributed by atoms with Gasteiger partial charge in [0.2, 0.25) is 5.95 Å². The van der Waals surface area contributed by atoms with Crippen LogP contribution in [0.4, 0.5) is 5.95 Å². The first-order valence-electron chi connectivity index (χ1n) is 10.4. The van der Waals surface area contributed by atoms with Gasteiger partial charge < -0.3 is 15.5 Å². The van der Waals surface area contributed by atoms with E-state index < -0.39 is 0 Å². The van der Waals surface area contributed by atoms with Crippen LogP contribution < -0.4 is 10.6 Å². The van der Waals surface area contributed by atoms with Gasteiger partial charge in [0.05, 0.1) is 5.69 Å². The molecule has 0 bridgehead atoms. The lowest BCUT2D eigenvalue weighted by atomic mass is 9.64. The van der Waals surface area contributed by atoms with Crippen molar-refractivity contribution in [1.82, 2.24) is 20.2 Å². The molecular weight excluding hydrogens is 346 g/mol. The highest BCUT2D eigenvalue weighted by molar-refractivity contribution is 5.72. The fraction of sp³-hybridized carbons (Fsp3) is 0.565. The summed E-state index contributed by atoms with van der Waals surface area (Å²) in [6.07, 6.45) is 5.47. The van der Waals surface area contributed by atoms with Crippen LogP contribution in [-0.2, 0) is 11.8 Å². The molecule has 0 radical (unpaired) electrons. The van der Waals surface area contributed by atoms with Crippen LogP contribution in [0.15, 0.2) is 30.5 Å². The van der Waals surface area contributed by atoms with Crippen LogP contribution >= 0.6 is 0 Å². The van der Waals surface area contributed by atoms with Crippen LogP contribution in [0.25, 0.3) is 11.3 Å². The zero-order valence-electron chi connectivity index (χ0n) is 17.7. The van der Waals surface area contributed by atoms with Crippen molar-refractivity contribution >= 4 is 5.95 Å². The first-order valence-corrected chi connectivity index (χ1v) is 10.4. The van der Waals surface area contributed by atoms with Gasteiger partial charge in [0.1, 0.15) is 0 Å². The topological polar surface area (TPSA) is 53.1 Å². The van der Waals surface area contributed by atoms with Gasteiger partial charge in [0, 0.05) is 30.3 Å². The monoisotopic (exact) mass is 379 g/mol. The first-order chi connectivity index (χ1) is 13.4. The molecule has 0 amide bonds. The summed E-state index contributed by atoms with van der Waals surface area (Å²) in [6, 6.07) is 8.87. The van der Waals surface area contributed by atoms with Crippen molar-refractivity contribution in [2.24, 2.45) is 5.41 Å². The molecule has 28 heavy (non-hydrogen) atoms. The molecule has 2 N–H and O–H groups in total. The minimum absolute atomic E-state index is 0.153. The molecule has 0 atom stereocenters. The molecule has 150 valence electrons. The van der Waals surface area contributed by atoms with Crippen LogP contribution in [0.3, 0.4) is 0 Å². The Morgan fingerprint density at radius 2 is 1.93 bits per heavy atom. The van der Waals surface area contributed by atoms with E-state index >= 15 is 0 Å². The third-order valence-corrected chi connectivity index (χ3v) is 6.18. The largest absolute Gasteiger partial charge is 0.354 e. The zero-order chi connectivity index (χ0) is 19.8. The van der Waals surface area contributed by atoms with Crippen molar-refractivity contribution in [3.63, 3.8) is 0 Å². The van der Waals surface area contributed by atoms with Gasteiger partial charge in [-0.05, 0) is 63.0 Å². The third-order valence-electron chi connectivity index (χ3n) is 6.18. The van der Waals surface area contributed by atoms with Crippen LogP contribution in [0.1, 0.15) is 37.8 Å². The highest BCUT2D eigenvalue weighted by Gasteiger charge is 2.40. The van der Waals surface area contributed by atoms with Crippen LogP contribution in [-0.4, -0.2) is 55.1 Å². The molecule has 1 fully saturated rings. The van der Waals surface area contributed by atoms with E-state index in [9.17, 15) is 0 Å². The molecule has 1 aromatic heterocycles. The second-order valence-electron chi connectivity index (χ2n) is 9.58. The van der Waals surface area contributed by atoms with Gasteiger partial charge in [-0.15, -0.1) is 0 Å². The summed E-state index contributed by atoms with van der Waals surface area (Å²) < 4.78 is 0. The summed E-state index contributed by atoms with van der Waals surface area (Å²) in [4.78, 5) is 11.9. The Morgan fingerprint density at radius 3 is 2.68 bits per heavy atom. The third kappa shape index (κ3) is 3.78. The maximum Gasteiger partial charge on any atom is 0.223 e. The number of nitrogens with zero attached hydrogens (tertiary/aromatic N) is 3. The van der Waals surface area contributed by atoms with Crippen molar-refractivity contribution in [3.05, 3.63) is 41.6 Å². The Morgan fingerprint density at radius 1 is 1.18 bits per heavy atom. The van der Waals surface area contributed by atoms with E-state index in [-0.39, 0.29) is 10.8 Å². The molecule has 1 saturated heterocycles. The molecule has 2 aliphatic rings. The fourth-order valence-electron chi connectivity index (χ4n) is 5.05. The lowest BCUT2D eigenvalue weighted by Gasteiger charge is -2.42. The van der Waals surface area contributed by atoms with E-state index in [1.54, 1.807) is 0 Å². The van der Waals surface area contributed by atoms with Crippen LogP contribution in [0, 0.1) is 5.41 Å². The minimum Gasteiger partial charge on any atom is -0.354 e. The average Bonchev–Trinajstić information content (AvgIpc) is 2.67. The number of hydrogen-bond donors (Lipinski definition) is 2. The normalized spacial score (nSPS) is 18.0. The molecule has 4 rings (SSSR count). The number of benzene rings is 1. The second-order valence-corrected chi connectivity index (χ2v) is 9.58. The Bertz CT molecular complexity index is 837. The molecule has 0 unspecified atom stereocenters. The number of nitrogens with one attached hydrogen (secondary N) is 2. The predicted octanol–water partition coefficient (Wildman–Crippen LogP) is 3.32. The van der Waals surface area contributed by atoms with Crippen molar-refractivity contribution in [3.8, 4) is 11.3 Å². The second kappa shape index (κ2) is 7.45. The number of rotatable bonds is 5. The molecular formula is C23H33N5. The van der Waals surface area contributed by atoms with Crippen molar-refractivity contribution in [2.75, 3.05) is 45.6 Å². The Hall–Kier alpha value is -1.98. The maximum atomic E-state index is 4.96. The van der Waals surface area contributed by atoms with E-state index in [1.165, 1.54) is 29.5 Å². The number of hydrogen-bond acceptors (Lipinski definition) is 5.